The average molecular weight is 371 g/mol. The molecule has 0 saturated carbocycles. The highest BCUT2D eigenvalue weighted by molar-refractivity contribution is 6.05. The number of rotatable bonds is 3. The van der Waals surface area contributed by atoms with E-state index in [9.17, 15) is 9.90 Å². The van der Waals surface area contributed by atoms with E-state index < -0.39 is 0 Å². The number of phenols is 1. The fourth-order valence-electron chi connectivity index (χ4n) is 2.70. The number of aromatic nitrogens is 1. The molecule has 2 N–H and O–H groups in total. The third-order valence-corrected chi connectivity index (χ3v) is 4.12. The van der Waals surface area contributed by atoms with Crippen molar-refractivity contribution >= 4 is 28.4 Å². The summed E-state index contributed by atoms with van der Waals surface area (Å²) >= 11 is 0. The van der Waals surface area contributed by atoms with Gasteiger partial charge in [0.2, 0.25) is 5.55 Å². The minimum Gasteiger partial charge on any atom is -0.508 e. The zero-order valence-electron chi connectivity index (χ0n) is 15.1. The number of hydrogen-bond donors (Lipinski definition) is 2. The van der Waals surface area contributed by atoms with E-state index in [1.165, 1.54) is 12.1 Å². The molecule has 0 aliphatic heterocycles. The summed E-state index contributed by atoms with van der Waals surface area (Å²) in [5, 5.41) is 13.2. The standard InChI is InChI=1S/C22H17N3O3/c1-14-7-10-20(23-13-14)25-21(27)18-11-15-8-9-17(26)12-19(15)28-22(18)24-16-5-3-2-4-6-16/h2-13,26H,1H3,(H,23,25,27). The van der Waals surface area contributed by atoms with Gasteiger partial charge in [-0.25, -0.2) is 9.98 Å². The lowest BCUT2D eigenvalue weighted by atomic mass is 10.1. The number of carbonyl (C=O) groups excluding carboxylic acids is 1. The zero-order valence-corrected chi connectivity index (χ0v) is 15.1. The van der Waals surface area contributed by atoms with E-state index >= 15 is 0 Å². The molecule has 28 heavy (non-hydrogen) atoms. The van der Waals surface area contributed by atoms with E-state index in [1.54, 1.807) is 24.4 Å². The average Bonchev–Trinajstić information content (AvgIpc) is 2.70. The molecule has 4 rings (SSSR count). The Labute approximate surface area is 160 Å². The molecular formula is C22H17N3O3. The first kappa shape index (κ1) is 17.5. The van der Waals surface area contributed by atoms with Gasteiger partial charge in [0.25, 0.3) is 5.91 Å². The van der Waals surface area contributed by atoms with Crippen molar-refractivity contribution in [1.82, 2.24) is 4.98 Å². The van der Waals surface area contributed by atoms with Crippen LogP contribution in [0.3, 0.4) is 0 Å². The topological polar surface area (TPSA) is 87.7 Å². The Kier molecular flexibility index (Phi) is 4.60. The Morgan fingerprint density at radius 1 is 1.07 bits per heavy atom. The number of fused-ring (bicyclic) bond motifs is 1. The second kappa shape index (κ2) is 7.36. The van der Waals surface area contributed by atoms with Gasteiger partial charge in [0.15, 0.2) is 0 Å². The number of carbonyl (C=O) groups is 1. The summed E-state index contributed by atoms with van der Waals surface area (Å²) in [7, 11) is 0. The van der Waals surface area contributed by atoms with E-state index in [1.807, 2.05) is 43.3 Å². The Balaban J connectivity index is 1.84. The van der Waals surface area contributed by atoms with E-state index in [0.29, 0.717) is 22.5 Å². The van der Waals surface area contributed by atoms with Crippen LogP contribution in [0.2, 0.25) is 0 Å². The van der Waals surface area contributed by atoms with Gasteiger partial charge in [0, 0.05) is 17.6 Å². The molecule has 0 atom stereocenters. The molecular weight excluding hydrogens is 354 g/mol. The summed E-state index contributed by atoms with van der Waals surface area (Å²) in [6.07, 6.45) is 1.68. The van der Waals surface area contributed by atoms with Gasteiger partial charge in [-0.2, -0.15) is 0 Å². The lowest BCUT2D eigenvalue weighted by Gasteiger charge is -2.07. The minimum atomic E-state index is -0.384. The highest BCUT2D eigenvalue weighted by Gasteiger charge is 2.14. The third kappa shape index (κ3) is 3.76. The van der Waals surface area contributed by atoms with Gasteiger partial charge in [-0.3, -0.25) is 4.79 Å². The van der Waals surface area contributed by atoms with Crippen LogP contribution < -0.4 is 10.9 Å². The molecule has 0 fully saturated rings. The van der Waals surface area contributed by atoms with Crippen molar-refractivity contribution in [1.29, 1.82) is 0 Å². The van der Waals surface area contributed by atoms with Crippen LogP contribution >= 0.6 is 0 Å². The first-order chi connectivity index (χ1) is 13.6. The normalized spacial score (nSPS) is 11.5. The second-order valence-corrected chi connectivity index (χ2v) is 6.31. The predicted octanol–water partition coefficient (Wildman–Crippen LogP) is 4.33. The number of aryl methyl sites for hydroxylation is 1. The summed E-state index contributed by atoms with van der Waals surface area (Å²) in [6.45, 7) is 1.92. The molecule has 138 valence electrons. The first-order valence-electron chi connectivity index (χ1n) is 8.69. The fourth-order valence-corrected chi connectivity index (χ4v) is 2.70. The maximum atomic E-state index is 12.9. The van der Waals surface area contributed by atoms with Crippen molar-refractivity contribution in [3.8, 4) is 5.75 Å². The Morgan fingerprint density at radius 3 is 2.64 bits per heavy atom. The Hall–Kier alpha value is -3.93. The number of amides is 1. The molecule has 6 heteroatoms. The summed E-state index contributed by atoms with van der Waals surface area (Å²) in [4.78, 5) is 21.6. The fraction of sp³-hybridized carbons (Fsp3) is 0.0455. The van der Waals surface area contributed by atoms with Crippen molar-refractivity contribution in [3.05, 3.63) is 89.6 Å². The van der Waals surface area contributed by atoms with Gasteiger partial charge < -0.3 is 14.8 Å². The van der Waals surface area contributed by atoms with Crippen molar-refractivity contribution in [2.75, 3.05) is 5.32 Å². The molecule has 0 unspecified atom stereocenters. The molecule has 0 aliphatic carbocycles. The van der Waals surface area contributed by atoms with Crippen LogP contribution in [0.25, 0.3) is 11.0 Å². The van der Waals surface area contributed by atoms with Gasteiger partial charge in [0.1, 0.15) is 22.7 Å². The minimum absolute atomic E-state index is 0.0722. The molecule has 0 saturated heterocycles. The second-order valence-electron chi connectivity index (χ2n) is 6.31. The summed E-state index contributed by atoms with van der Waals surface area (Å²) in [6, 6.07) is 19.2. The van der Waals surface area contributed by atoms with Gasteiger partial charge in [-0.15, -0.1) is 0 Å². The largest absolute Gasteiger partial charge is 0.508 e. The number of aromatic hydroxyl groups is 1. The third-order valence-electron chi connectivity index (χ3n) is 4.12. The number of phenolic OH excluding ortho intramolecular Hbond substituents is 1. The molecule has 0 spiro atoms. The maximum Gasteiger partial charge on any atom is 0.262 e. The summed E-state index contributed by atoms with van der Waals surface area (Å²) < 4.78 is 5.85. The zero-order chi connectivity index (χ0) is 19.5. The van der Waals surface area contributed by atoms with Crippen molar-refractivity contribution in [3.63, 3.8) is 0 Å². The van der Waals surface area contributed by atoms with E-state index in [4.69, 9.17) is 4.42 Å². The van der Waals surface area contributed by atoms with E-state index in [0.717, 1.165) is 5.56 Å². The van der Waals surface area contributed by atoms with Crippen LogP contribution in [0.1, 0.15) is 15.9 Å². The molecule has 6 nitrogen and oxygen atoms in total. The van der Waals surface area contributed by atoms with Crippen LogP contribution in [0, 0.1) is 6.92 Å². The SMILES string of the molecule is Cc1ccc(NC(=O)c2cc3ccc(O)cc3oc2=Nc2ccccc2)nc1. The first-order valence-corrected chi connectivity index (χ1v) is 8.69. The number of hydrogen-bond acceptors (Lipinski definition) is 5. The monoisotopic (exact) mass is 371 g/mol. The molecule has 0 aliphatic rings. The number of pyridine rings is 1. The number of benzene rings is 2. The molecule has 0 radical (unpaired) electrons. The van der Waals surface area contributed by atoms with Crippen LogP contribution in [0.5, 0.6) is 5.75 Å². The van der Waals surface area contributed by atoms with Crippen molar-refractivity contribution < 1.29 is 14.3 Å². The number of anilines is 1. The Bertz CT molecular complexity index is 1210. The van der Waals surface area contributed by atoms with Gasteiger partial charge in [-0.05, 0) is 48.9 Å². The lowest BCUT2D eigenvalue weighted by Crippen LogP contribution is -2.22. The smallest absolute Gasteiger partial charge is 0.262 e. The molecule has 2 aromatic heterocycles. The maximum absolute atomic E-state index is 12.9. The van der Waals surface area contributed by atoms with Crippen LogP contribution in [0.4, 0.5) is 11.5 Å². The molecule has 0 bridgehead atoms. The van der Waals surface area contributed by atoms with Gasteiger partial charge >= 0.3 is 0 Å². The van der Waals surface area contributed by atoms with E-state index in [-0.39, 0.29) is 22.8 Å². The van der Waals surface area contributed by atoms with Gasteiger partial charge in [0.05, 0.1) is 5.69 Å². The molecule has 2 aromatic carbocycles. The Morgan fingerprint density at radius 2 is 1.89 bits per heavy atom. The van der Waals surface area contributed by atoms with Crippen LogP contribution in [-0.2, 0) is 0 Å². The number of nitrogens with one attached hydrogen (secondary N) is 1. The van der Waals surface area contributed by atoms with E-state index in [2.05, 4.69) is 15.3 Å². The van der Waals surface area contributed by atoms with Crippen molar-refractivity contribution in [2.45, 2.75) is 6.92 Å². The van der Waals surface area contributed by atoms with Crippen LogP contribution in [0.15, 0.2) is 82.3 Å². The summed E-state index contributed by atoms with van der Waals surface area (Å²) in [5.74, 6) is 0.125. The lowest BCUT2D eigenvalue weighted by molar-refractivity contribution is 0.102. The summed E-state index contributed by atoms with van der Waals surface area (Å²) in [5.41, 5.74) is 2.49. The molecule has 2 heterocycles. The quantitative estimate of drug-likeness (QED) is 0.561. The van der Waals surface area contributed by atoms with Gasteiger partial charge in [-0.1, -0.05) is 24.3 Å². The number of nitrogens with zero attached hydrogens (tertiary/aromatic N) is 2. The molecule has 1 amide bonds. The number of para-hydroxylation sites is 1. The highest BCUT2D eigenvalue weighted by Crippen LogP contribution is 2.20. The predicted molar refractivity (Wildman–Crippen MR) is 106 cm³/mol. The van der Waals surface area contributed by atoms with Crippen LogP contribution in [-0.4, -0.2) is 16.0 Å². The molecule has 4 aromatic rings. The van der Waals surface area contributed by atoms with Crippen molar-refractivity contribution in [2.24, 2.45) is 4.99 Å². The highest BCUT2D eigenvalue weighted by atomic mass is 16.3.